The number of carbonyl (C=O) groups excluding carboxylic acids is 2. The fraction of sp³-hybridized carbons (Fsp3) is 0.200. The van der Waals surface area contributed by atoms with Gasteiger partial charge in [0.2, 0.25) is 21.8 Å². The minimum Gasteiger partial charge on any atom is -0.399 e. The molecular formula is C10H13ClN4O4S. The van der Waals surface area contributed by atoms with Crippen LogP contribution < -0.4 is 17.2 Å². The lowest BCUT2D eigenvalue weighted by Crippen LogP contribution is -2.43. The molecule has 0 aromatic heterocycles. The van der Waals surface area contributed by atoms with E-state index in [-0.39, 0.29) is 15.6 Å². The topological polar surface area (TPSA) is 150 Å². The van der Waals surface area contributed by atoms with Gasteiger partial charge in [-0.15, -0.1) is 0 Å². The van der Waals surface area contributed by atoms with E-state index in [1.807, 2.05) is 0 Å². The average Bonchev–Trinajstić information content (AvgIpc) is 2.30. The van der Waals surface area contributed by atoms with Crippen LogP contribution in [-0.4, -0.2) is 37.6 Å². The summed E-state index contributed by atoms with van der Waals surface area (Å²) in [6.45, 7) is -1.40. The van der Waals surface area contributed by atoms with Crippen molar-refractivity contribution >= 4 is 39.1 Å². The molecule has 6 N–H and O–H groups in total. The molecule has 0 aliphatic carbocycles. The number of anilines is 1. The predicted octanol–water partition coefficient (Wildman–Crippen LogP) is -1.12. The fourth-order valence-electron chi connectivity index (χ4n) is 1.43. The number of sulfonamides is 1. The van der Waals surface area contributed by atoms with Gasteiger partial charge < -0.3 is 17.2 Å². The first-order chi connectivity index (χ1) is 9.14. The van der Waals surface area contributed by atoms with Crippen LogP contribution in [0.3, 0.4) is 0 Å². The molecule has 0 aliphatic heterocycles. The molecule has 110 valence electrons. The lowest BCUT2D eigenvalue weighted by molar-refractivity contribution is -0.120. The SMILES string of the molecule is NC(=O)CN(CC(N)=O)S(=O)(=O)c1cc(N)ccc1Cl. The van der Waals surface area contributed by atoms with Crippen molar-refractivity contribution in [3.8, 4) is 0 Å². The van der Waals surface area contributed by atoms with Gasteiger partial charge in [-0.05, 0) is 18.2 Å². The minimum atomic E-state index is -4.22. The van der Waals surface area contributed by atoms with Crippen molar-refractivity contribution in [1.29, 1.82) is 0 Å². The molecule has 10 heteroatoms. The molecule has 0 spiro atoms. The summed E-state index contributed by atoms with van der Waals surface area (Å²) in [5.74, 6) is -1.87. The second-order valence-electron chi connectivity index (χ2n) is 3.90. The summed E-state index contributed by atoms with van der Waals surface area (Å²) in [5.41, 5.74) is 15.6. The number of carbonyl (C=O) groups is 2. The van der Waals surface area contributed by atoms with E-state index >= 15 is 0 Å². The van der Waals surface area contributed by atoms with E-state index in [1.165, 1.54) is 12.1 Å². The number of nitrogen functional groups attached to an aromatic ring is 1. The Bertz CT molecular complexity index is 631. The Kier molecular flexibility index (Phi) is 4.93. The predicted molar refractivity (Wildman–Crippen MR) is 73.0 cm³/mol. The van der Waals surface area contributed by atoms with Crippen LogP contribution in [0, 0.1) is 0 Å². The van der Waals surface area contributed by atoms with E-state index < -0.39 is 34.9 Å². The van der Waals surface area contributed by atoms with Crippen molar-refractivity contribution in [3.63, 3.8) is 0 Å². The number of hydrogen-bond donors (Lipinski definition) is 3. The van der Waals surface area contributed by atoms with Gasteiger partial charge in [0.25, 0.3) is 0 Å². The van der Waals surface area contributed by atoms with Gasteiger partial charge in [0.15, 0.2) is 0 Å². The van der Waals surface area contributed by atoms with Crippen LogP contribution in [0.15, 0.2) is 23.1 Å². The number of benzene rings is 1. The molecule has 2 amide bonds. The van der Waals surface area contributed by atoms with Crippen molar-refractivity contribution in [3.05, 3.63) is 23.2 Å². The summed E-state index contributed by atoms with van der Waals surface area (Å²) in [6, 6.07) is 3.82. The van der Waals surface area contributed by atoms with Crippen molar-refractivity contribution < 1.29 is 18.0 Å². The van der Waals surface area contributed by atoms with Crippen LogP contribution in [0.25, 0.3) is 0 Å². The van der Waals surface area contributed by atoms with Gasteiger partial charge in [-0.25, -0.2) is 8.42 Å². The quantitative estimate of drug-likeness (QED) is 0.567. The molecule has 1 aromatic carbocycles. The highest BCUT2D eigenvalue weighted by Crippen LogP contribution is 2.26. The second-order valence-corrected chi connectivity index (χ2v) is 6.21. The van der Waals surface area contributed by atoms with Gasteiger partial charge in [0.1, 0.15) is 4.90 Å². The van der Waals surface area contributed by atoms with Crippen LogP contribution in [-0.2, 0) is 19.6 Å². The number of nitrogens with zero attached hydrogens (tertiary/aromatic N) is 1. The molecule has 1 rings (SSSR count). The minimum absolute atomic E-state index is 0.0989. The molecule has 0 heterocycles. The highest BCUT2D eigenvalue weighted by molar-refractivity contribution is 7.89. The first-order valence-electron chi connectivity index (χ1n) is 5.26. The van der Waals surface area contributed by atoms with Crippen molar-refractivity contribution in [2.24, 2.45) is 11.5 Å². The molecule has 8 nitrogen and oxygen atoms in total. The molecule has 0 aliphatic rings. The molecule has 0 bridgehead atoms. The number of hydrogen-bond acceptors (Lipinski definition) is 5. The molecule has 20 heavy (non-hydrogen) atoms. The Labute approximate surface area is 120 Å². The third kappa shape index (κ3) is 3.83. The van der Waals surface area contributed by atoms with Crippen LogP contribution in [0.4, 0.5) is 5.69 Å². The zero-order valence-electron chi connectivity index (χ0n) is 10.2. The standard InChI is InChI=1S/C10H13ClN4O4S/c11-7-2-1-6(12)3-8(7)20(18,19)15(4-9(13)16)5-10(14)17/h1-3H,4-5,12H2,(H2,13,16)(H2,14,17). The first-order valence-corrected chi connectivity index (χ1v) is 7.08. The molecule has 0 saturated carbocycles. The van der Waals surface area contributed by atoms with E-state index in [0.717, 1.165) is 6.07 Å². The zero-order chi connectivity index (χ0) is 15.5. The van der Waals surface area contributed by atoms with E-state index in [9.17, 15) is 18.0 Å². The van der Waals surface area contributed by atoms with Crippen LogP contribution in [0.1, 0.15) is 0 Å². The van der Waals surface area contributed by atoms with Gasteiger partial charge in [-0.2, -0.15) is 4.31 Å². The van der Waals surface area contributed by atoms with Crippen molar-refractivity contribution in [2.45, 2.75) is 4.90 Å². The Morgan fingerprint density at radius 3 is 2.10 bits per heavy atom. The second kappa shape index (κ2) is 6.07. The van der Waals surface area contributed by atoms with Crippen molar-refractivity contribution in [1.82, 2.24) is 4.31 Å². The summed E-state index contributed by atoms with van der Waals surface area (Å²) >= 11 is 5.80. The smallest absolute Gasteiger partial charge is 0.245 e. The Morgan fingerprint density at radius 2 is 1.65 bits per heavy atom. The van der Waals surface area contributed by atoms with Crippen LogP contribution in [0.2, 0.25) is 5.02 Å². The number of rotatable bonds is 6. The van der Waals surface area contributed by atoms with Gasteiger partial charge in [0, 0.05) is 5.69 Å². The first kappa shape index (κ1) is 16.2. The van der Waals surface area contributed by atoms with E-state index in [4.69, 9.17) is 28.8 Å². The third-order valence-electron chi connectivity index (χ3n) is 2.24. The van der Waals surface area contributed by atoms with Crippen LogP contribution in [0.5, 0.6) is 0 Å². The fourth-order valence-corrected chi connectivity index (χ4v) is 3.31. The highest BCUT2D eigenvalue weighted by Gasteiger charge is 2.29. The molecule has 0 radical (unpaired) electrons. The highest BCUT2D eigenvalue weighted by atomic mass is 35.5. The van der Waals surface area contributed by atoms with Crippen LogP contribution >= 0.6 is 11.6 Å². The Morgan fingerprint density at radius 1 is 1.15 bits per heavy atom. The number of amides is 2. The van der Waals surface area contributed by atoms with Gasteiger partial charge in [-0.3, -0.25) is 9.59 Å². The summed E-state index contributed by atoms with van der Waals surface area (Å²) in [5, 5.41) is -0.0989. The largest absolute Gasteiger partial charge is 0.399 e. The van der Waals surface area contributed by atoms with E-state index in [0.29, 0.717) is 4.31 Å². The maximum Gasteiger partial charge on any atom is 0.245 e. The lowest BCUT2D eigenvalue weighted by atomic mass is 10.3. The van der Waals surface area contributed by atoms with E-state index in [1.54, 1.807) is 0 Å². The maximum atomic E-state index is 12.3. The Balaban J connectivity index is 3.31. The van der Waals surface area contributed by atoms with Gasteiger partial charge >= 0.3 is 0 Å². The number of nitrogens with two attached hydrogens (primary N) is 3. The van der Waals surface area contributed by atoms with Gasteiger partial charge in [0.05, 0.1) is 18.1 Å². The summed E-state index contributed by atoms with van der Waals surface area (Å²) < 4.78 is 25.2. The average molecular weight is 321 g/mol. The summed E-state index contributed by atoms with van der Waals surface area (Å²) in [7, 11) is -4.22. The Hall–Kier alpha value is -1.84. The lowest BCUT2D eigenvalue weighted by Gasteiger charge is -2.20. The monoisotopic (exact) mass is 320 g/mol. The number of halogens is 1. The molecule has 1 aromatic rings. The normalized spacial score (nSPS) is 11.5. The maximum absolute atomic E-state index is 12.3. The molecule has 0 fully saturated rings. The third-order valence-corrected chi connectivity index (χ3v) is 4.51. The molecule has 0 atom stereocenters. The molecule has 0 unspecified atom stereocenters. The van der Waals surface area contributed by atoms with E-state index in [2.05, 4.69) is 0 Å². The summed E-state index contributed by atoms with van der Waals surface area (Å²) in [4.78, 5) is 21.5. The summed E-state index contributed by atoms with van der Waals surface area (Å²) in [6.07, 6.45) is 0. The van der Waals surface area contributed by atoms with Crippen molar-refractivity contribution in [2.75, 3.05) is 18.8 Å². The zero-order valence-corrected chi connectivity index (χ0v) is 11.8. The molecular weight excluding hydrogens is 308 g/mol. The van der Waals surface area contributed by atoms with Gasteiger partial charge in [-0.1, -0.05) is 11.6 Å². The molecule has 0 saturated heterocycles. The number of primary amides is 2.